The summed E-state index contributed by atoms with van der Waals surface area (Å²) in [4.78, 5) is 26.6. The molecule has 0 spiro atoms. The number of carbonyl (C=O) groups is 2. The van der Waals surface area contributed by atoms with Crippen molar-refractivity contribution in [2.45, 2.75) is 19.4 Å². The summed E-state index contributed by atoms with van der Waals surface area (Å²) in [5.41, 5.74) is 0. The first-order chi connectivity index (χ1) is 9.56. The molecule has 6 nitrogen and oxygen atoms in total. The van der Waals surface area contributed by atoms with Gasteiger partial charge in [-0.15, -0.1) is 0 Å². The number of rotatable bonds is 5. The van der Waals surface area contributed by atoms with Gasteiger partial charge in [-0.25, -0.2) is 0 Å². The molecule has 20 heavy (non-hydrogen) atoms. The van der Waals surface area contributed by atoms with E-state index in [4.69, 9.17) is 9.52 Å². The lowest BCUT2D eigenvalue weighted by Crippen LogP contribution is -2.44. The molecule has 1 aromatic rings. The van der Waals surface area contributed by atoms with Crippen LogP contribution in [0.15, 0.2) is 22.8 Å². The summed E-state index contributed by atoms with van der Waals surface area (Å²) in [5.74, 6) is -0.409. The normalized spacial score (nSPS) is 19.8. The molecule has 1 atom stereocenters. The van der Waals surface area contributed by atoms with Crippen LogP contribution in [0.4, 0.5) is 0 Å². The van der Waals surface area contributed by atoms with Gasteiger partial charge in [0, 0.05) is 13.6 Å². The Kier molecular flexibility index (Phi) is 4.79. The van der Waals surface area contributed by atoms with Crippen molar-refractivity contribution >= 4 is 11.9 Å². The zero-order valence-corrected chi connectivity index (χ0v) is 11.6. The minimum Gasteiger partial charge on any atom is -0.481 e. The number of likely N-dealkylation sites (N-methyl/N-ethyl adjacent to an activating group) is 1. The minimum atomic E-state index is -0.772. The summed E-state index contributed by atoms with van der Waals surface area (Å²) < 4.78 is 5.21. The second kappa shape index (κ2) is 6.56. The minimum absolute atomic E-state index is 0.0209. The second-order valence-electron chi connectivity index (χ2n) is 5.24. The molecular weight excluding hydrogens is 260 g/mol. The molecule has 110 valence electrons. The van der Waals surface area contributed by atoms with Gasteiger partial charge in [0.25, 0.3) is 0 Å². The number of hydrogen-bond acceptors (Lipinski definition) is 4. The Bertz CT molecular complexity index is 458. The molecule has 0 aromatic carbocycles. The summed E-state index contributed by atoms with van der Waals surface area (Å²) in [6.45, 7) is 1.93. The van der Waals surface area contributed by atoms with Gasteiger partial charge < -0.3 is 14.4 Å². The van der Waals surface area contributed by atoms with Crippen molar-refractivity contribution in [3.63, 3.8) is 0 Å². The quantitative estimate of drug-likeness (QED) is 0.872. The summed E-state index contributed by atoms with van der Waals surface area (Å²) >= 11 is 0. The Balaban J connectivity index is 1.82. The average Bonchev–Trinajstić information content (AvgIpc) is 2.91. The van der Waals surface area contributed by atoms with Crippen LogP contribution in [0.5, 0.6) is 0 Å². The van der Waals surface area contributed by atoms with Crippen LogP contribution in [0.2, 0.25) is 0 Å². The van der Waals surface area contributed by atoms with Crippen molar-refractivity contribution in [1.82, 2.24) is 9.80 Å². The number of carboxylic acid groups (broad SMARTS) is 1. The lowest BCUT2D eigenvalue weighted by Gasteiger charge is -2.31. The molecule has 1 amide bonds. The van der Waals surface area contributed by atoms with Crippen molar-refractivity contribution in [2.75, 3.05) is 26.7 Å². The molecule has 1 N–H and O–H groups in total. The number of piperidine rings is 1. The first-order valence-electron chi connectivity index (χ1n) is 6.78. The molecule has 1 saturated heterocycles. The predicted octanol–water partition coefficient (Wildman–Crippen LogP) is 1.03. The van der Waals surface area contributed by atoms with Gasteiger partial charge in [0.05, 0.1) is 25.3 Å². The first kappa shape index (κ1) is 14.6. The number of furan rings is 1. The number of carbonyl (C=O) groups excluding carboxylic acids is 1. The number of aliphatic carboxylic acids is 1. The molecule has 0 radical (unpaired) electrons. The lowest BCUT2D eigenvalue weighted by atomic mass is 9.98. The molecule has 1 unspecified atom stereocenters. The highest BCUT2D eigenvalue weighted by Crippen LogP contribution is 2.16. The van der Waals surface area contributed by atoms with E-state index >= 15 is 0 Å². The fourth-order valence-electron chi connectivity index (χ4n) is 2.44. The third-order valence-electron chi connectivity index (χ3n) is 3.61. The number of amides is 1. The molecule has 2 heterocycles. The van der Waals surface area contributed by atoms with Crippen molar-refractivity contribution in [1.29, 1.82) is 0 Å². The van der Waals surface area contributed by atoms with E-state index in [1.54, 1.807) is 24.3 Å². The second-order valence-corrected chi connectivity index (χ2v) is 5.24. The molecule has 1 aromatic heterocycles. The Hall–Kier alpha value is -1.82. The van der Waals surface area contributed by atoms with Crippen LogP contribution in [-0.4, -0.2) is 53.5 Å². The first-order valence-corrected chi connectivity index (χ1v) is 6.78. The maximum Gasteiger partial charge on any atom is 0.307 e. The summed E-state index contributed by atoms with van der Waals surface area (Å²) in [5, 5.41) is 9.04. The van der Waals surface area contributed by atoms with Gasteiger partial charge in [0.1, 0.15) is 5.76 Å². The maximum atomic E-state index is 12.1. The van der Waals surface area contributed by atoms with E-state index < -0.39 is 5.97 Å². The summed E-state index contributed by atoms with van der Waals surface area (Å²) in [6, 6.07) is 3.61. The highest BCUT2D eigenvalue weighted by Gasteiger charge is 2.27. The van der Waals surface area contributed by atoms with Gasteiger partial charge >= 0.3 is 5.97 Å². The van der Waals surface area contributed by atoms with Crippen LogP contribution in [0.3, 0.4) is 0 Å². The molecule has 0 aliphatic carbocycles. The highest BCUT2D eigenvalue weighted by atomic mass is 16.4. The zero-order chi connectivity index (χ0) is 14.5. The van der Waals surface area contributed by atoms with E-state index in [1.807, 2.05) is 11.0 Å². The van der Waals surface area contributed by atoms with Crippen molar-refractivity contribution < 1.29 is 19.1 Å². The monoisotopic (exact) mass is 280 g/mol. The smallest absolute Gasteiger partial charge is 0.307 e. The van der Waals surface area contributed by atoms with Gasteiger partial charge in [-0.05, 0) is 31.5 Å². The fourth-order valence-corrected chi connectivity index (χ4v) is 2.44. The third-order valence-corrected chi connectivity index (χ3v) is 3.61. The largest absolute Gasteiger partial charge is 0.481 e. The van der Waals surface area contributed by atoms with Crippen molar-refractivity contribution in [3.8, 4) is 0 Å². The number of hydrogen-bond donors (Lipinski definition) is 1. The fraction of sp³-hybridized carbons (Fsp3) is 0.571. The molecule has 0 bridgehead atoms. The van der Waals surface area contributed by atoms with Crippen LogP contribution in [-0.2, 0) is 16.1 Å². The van der Waals surface area contributed by atoms with Crippen LogP contribution >= 0.6 is 0 Å². The van der Waals surface area contributed by atoms with Crippen LogP contribution < -0.4 is 0 Å². The van der Waals surface area contributed by atoms with E-state index in [-0.39, 0.29) is 18.4 Å². The molecule has 1 aliphatic heterocycles. The van der Waals surface area contributed by atoms with Gasteiger partial charge in [-0.3, -0.25) is 14.5 Å². The number of likely N-dealkylation sites (tertiary alicyclic amines) is 1. The van der Waals surface area contributed by atoms with Gasteiger partial charge in [0.15, 0.2) is 0 Å². The Morgan fingerprint density at radius 3 is 3.00 bits per heavy atom. The van der Waals surface area contributed by atoms with Crippen LogP contribution in [0.1, 0.15) is 18.6 Å². The van der Waals surface area contributed by atoms with Gasteiger partial charge in [-0.1, -0.05) is 0 Å². The van der Waals surface area contributed by atoms with E-state index in [1.165, 1.54) is 0 Å². The molecule has 1 fully saturated rings. The highest BCUT2D eigenvalue weighted by molar-refractivity contribution is 5.78. The van der Waals surface area contributed by atoms with E-state index in [0.717, 1.165) is 18.7 Å². The molecule has 0 saturated carbocycles. The molecule has 2 rings (SSSR count). The summed E-state index contributed by atoms with van der Waals surface area (Å²) in [7, 11) is 1.73. The predicted molar refractivity (Wildman–Crippen MR) is 72.0 cm³/mol. The van der Waals surface area contributed by atoms with Gasteiger partial charge in [-0.2, -0.15) is 0 Å². The SMILES string of the molecule is CN(Cc1ccco1)C(=O)CN1CCCC(C(=O)O)C1. The number of nitrogens with zero attached hydrogens (tertiary/aromatic N) is 2. The average molecular weight is 280 g/mol. The molecule has 1 aliphatic rings. The summed E-state index contributed by atoms with van der Waals surface area (Å²) in [6.07, 6.45) is 3.10. The third kappa shape index (κ3) is 3.84. The van der Waals surface area contributed by atoms with Crippen LogP contribution in [0, 0.1) is 5.92 Å². The van der Waals surface area contributed by atoms with E-state index in [9.17, 15) is 9.59 Å². The lowest BCUT2D eigenvalue weighted by molar-refractivity contribution is -0.144. The molecule has 6 heteroatoms. The Morgan fingerprint density at radius 2 is 2.35 bits per heavy atom. The molecular formula is C14H20N2O4. The number of carboxylic acids is 1. The standard InChI is InChI=1S/C14H20N2O4/c1-15(9-12-5-3-7-20-12)13(17)10-16-6-2-4-11(8-16)14(18)19/h3,5,7,11H,2,4,6,8-10H2,1H3,(H,18,19). The zero-order valence-electron chi connectivity index (χ0n) is 11.6. The van der Waals surface area contributed by atoms with Crippen LogP contribution in [0.25, 0.3) is 0 Å². The Labute approximate surface area is 118 Å². The van der Waals surface area contributed by atoms with Crippen molar-refractivity contribution in [2.24, 2.45) is 5.92 Å². The maximum absolute atomic E-state index is 12.1. The van der Waals surface area contributed by atoms with Gasteiger partial charge in [0.2, 0.25) is 5.91 Å². The topological polar surface area (TPSA) is 74.0 Å². The van der Waals surface area contributed by atoms with Crippen molar-refractivity contribution in [3.05, 3.63) is 24.2 Å². The van der Waals surface area contributed by atoms with E-state index in [2.05, 4.69) is 0 Å². The Morgan fingerprint density at radius 1 is 1.55 bits per heavy atom. The van der Waals surface area contributed by atoms with E-state index in [0.29, 0.717) is 19.5 Å².